The number of carbonyl (C=O) groups is 1. The van der Waals surface area contributed by atoms with Crippen LogP contribution in [0.5, 0.6) is 0 Å². The smallest absolute Gasteiger partial charge is 0.252 e. The van der Waals surface area contributed by atoms with Crippen molar-refractivity contribution < 1.29 is 9.90 Å². The summed E-state index contributed by atoms with van der Waals surface area (Å²) in [5.41, 5.74) is 2.23. The summed E-state index contributed by atoms with van der Waals surface area (Å²) < 4.78 is 0. The summed E-state index contributed by atoms with van der Waals surface area (Å²) in [6, 6.07) is 5.57. The minimum Gasteiger partial charge on any atom is -0.395 e. The Morgan fingerprint density at radius 2 is 2.33 bits per heavy atom. The molecule has 2 rings (SSSR count). The zero-order valence-corrected chi connectivity index (χ0v) is 12.5. The molecule has 21 heavy (non-hydrogen) atoms. The van der Waals surface area contributed by atoms with E-state index in [9.17, 15) is 4.79 Å². The Kier molecular flexibility index (Phi) is 5.50. The summed E-state index contributed by atoms with van der Waals surface area (Å²) in [6.07, 6.45) is 2.11. The highest BCUT2D eigenvalue weighted by molar-refractivity contribution is 7.09. The third-order valence-electron chi connectivity index (χ3n) is 2.76. The van der Waals surface area contributed by atoms with Gasteiger partial charge in [-0.25, -0.2) is 4.98 Å². The van der Waals surface area contributed by atoms with Crippen molar-refractivity contribution in [3.63, 3.8) is 0 Å². The summed E-state index contributed by atoms with van der Waals surface area (Å²) in [6.45, 7) is 2.36. The molecule has 1 aromatic carbocycles. The van der Waals surface area contributed by atoms with Crippen molar-refractivity contribution in [3.8, 4) is 11.8 Å². The van der Waals surface area contributed by atoms with E-state index in [0.29, 0.717) is 24.1 Å². The summed E-state index contributed by atoms with van der Waals surface area (Å²) in [5.74, 6) is 5.61. The van der Waals surface area contributed by atoms with Gasteiger partial charge in [0.25, 0.3) is 5.91 Å². The number of aromatic nitrogens is 1. The Bertz CT molecular complexity index is 669. The van der Waals surface area contributed by atoms with Crippen molar-refractivity contribution in [3.05, 3.63) is 51.5 Å². The van der Waals surface area contributed by atoms with Crippen LogP contribution >= 0.6 is 11.3 Å². The molecule has 0 atom stereocenters. The Hall–Kier alpha value is -2.16. The number of hydrogen-bond acceptors (Lipinski definition) is 4. The van der Waals surface area contributed by atoms with E-state index < -0.39 is 0 Å². The van der Waals surface area contributed by atoms with E-state index in [1.807, 2.05) is 30.5 Å². The molecule has 0 aliphatic heterocycles. The fourth-order valence-electron chi connectivity index (χ4n) is 1.76. The molecule has 1 heterocycles. The highest BCUT2D eigenvalue weighted by Gasteiger charge is 2.10. The largest absolute Gasteiger partial charge is 0.395 e. The molecular weight excluding hydrogens is 284 g/mol. The van der Waals surface area contributed by atoms with E-state index in [2.05, 4.69) is 22.1 Å². The van der Waals surface area contributed by atoms with Crippen LogP contribution in [0.2, 0.25) is 0 Å². The third kappa shape index (κ3) is 4.42. The lowest BCUT2D eigenvalue weighted by Gasteiger charge is -2.07. The number of carbonyl (C=O) groups excluding carboxylic acids is 1. The first-order chi connectivity index (χ1) is 10.2. The SMILES string of the molecule is Cc1ccc(C#CCCO)c(C(=O)NCc2nccs2)c1. The molecule has 0 spiro atoms. The predicted octanol–water partition coefficient (Wildman–Crippen LogP) is 2.12. The van der Waals surface area contributed by atoms with Crippen LogP contribution in [0.25, 0.3) is 0 Å². The van der Waals surface area contributed by atoms with E-state index >= 15 is 0 Å². The first-order valence-corrected chi connectivity index (χ1v) is 7.45. The zero-order valence-electron chi connectivity index (χ0n) is 11.7. The number of amides is 1. The minimum atomic E-state index is -0.165. The van der Waals surface area contributed by atoms with Gasteiger partial charge in [0.15, 0.2) is 0 Å². The third-order valence-corrected chi connectivity index (χ3v) is 3.54. The molecule has 5 heteroatoms. The first-order valence-electron chi connectivity index (χ1n) is 6.57. The second-order valence-corrected chi connectivity index (χ2v) is 5.41. The average molecular weight is 300 g/mol. The van der Waals surface area contributed by atoms with Gasteiger partial charge in [0.1, 0.15) is 5.01 Å². The molecule has 0 aliphatic carbocycles. The van der Waals surface area contributed by atoms with Crippen LogP contribution in [0.4, 0.5) is 0 Å². The lowest BCUT2D eigenvalue weighted by Crippen LogP contribution is -2.23. The van der Waals surface area contributed by atoms with E-state index in [-0.39, 0.29) is 12.5 Å². The van der Waals surface area contributed by atoms with Crippen molar-refractivity contribution >= 4 is 17.2 Å². The Morgan fingerprint density at radius 3 is 3.05 bits per heavy atom. The number of thiazole rings is 1. The monoisotopic (exact) mass is 300 g/mol. The van der Waals surface area contributed by atoms with Crippen LogP contribution in [0.15, 0.2) is 29.8 Å². The number of nitrogens with one attached hydrogen (secondary N) is 1. The molecule has 0 fully saturated rings. The average Bonchev–Trinajstić information content (AvgIpc) is 3.00. The molecule has 108 valence electrons. The summed E-state index contributed by atoms with van der Waals surface area (Å²) in [4.78, 5) is 16.4. The van der Waals surface area contributed by atoms with Gasteiger partial charge in [0.2, 0.25) is 0 Å². The second kappa shape index (κ2) is 7.58. The van der Waals surface area contributed by atoms with Crippen LogP contribution in [0, 0.1) is 18.8 Å². The Labute approximate surface area is 127 Å². The van der Waals surface area contributed by atoms with E-state index in [1.54, 1.807) is 6.20 Å². The summed E-state index contributed by atoms with van der Waals surface area (Å²) in [5, 5.41) is 14.4. The number of aryl methyl sites for hydroxylation is 1. The number of aliphatic hydroxyl groups excluding tert-OH is 1. The maximum absolute atomic E-state index is 12.3. The Morgan fingerprint density at radius 1 is 1.48 bits per heavy atom. The highest BCUT2D eigenvalue weighted by atomic mass is 32.1. The Balaban J connectivity index is 2.15. The number of hydrogen-bond donors (Lipinski definition) is 2. The van der Waals surface area contributed by atoms with Gasteiger partial charge in [0, 0.05) is 23.6 Å². The molecule has 2 aromatic rings. The normalized spacial score (nSPS) is 9.81. The van der Waals surface area contributed by atoms with Crippen LogP contribution in [0.1, 0.15) is 32.9 Å². The molecule has 0 aliphatic rings. The highest BCUT2D eigenvalue weighted by Crippen LogP contribution is 2.12. The molecule has 1 aromatic heterocycles. The maximum Gasteiger partial charge on any atom is 0.252 e. The molecular formula is C16H16N2O2S. The van der Waals surface area contributed by atoms with Crippen molar-refractivity contribution in [2.75, 3.05) is 6.61 Å². The predicted molar refractivity (Wildman–Crippen MR) is 83.0 cm³/mol. The van der Waals surface area contributed by atoms with Gasteiger partial charge >= 0.3 is 0 Å². The molecule has 0 bridgehead atoms. The summed E-state index contributed by atoms with van der Waals surface area (Å²) >= 11 is 1.50. The first kappa shape index (κ1) is 15.2. The standard InChI is InChI=1S/C16H16N2O2S/c1-12-5-6-13(4-2-3-8-19)14(10-12)16(20)18-11-15-17-7-9-21-15/h5-7,9-10,19H,3,8,11H2,1H3,(H,18,20). The van der Waals surface area contributed by atoms with Crippen LogP contribution in [-0.2, 0) is 6.54 Å². The quantitative estimate of drug-likeness (QED) is 0.850. The lowest BCUT2D eigenvalue weighted by atomic mass is 10.0. The van der Waals surface area contributed by atoms with Gasteiger partial charge in [0.05, 0.1) is 18.7 Å². The molecule has 1 amide bonds. The molecule has 0 saturated heterocycles. The number of rotatable bonds is 4. The van der Waals surface area contributed by atoms with E-state index in [1.165, 1.54) is 11.3 Å². The number of benzene rings is 1. The van der Waals surface area contributed by atoms with Gasteiger partial charge in [-0.2, -0.15) is 0 Å². The topological polar surface area (TPSA) is 62.2 Å². The van der Waals surface area contributed by atoms with Crippen LogP contribution in [0.3, 0.4) is 0 Å². The van der Waals surface area contributed by atoms with Crippen molar-refractivity contribution in [2.24, 2.45) is 0 Å². The number of aliphatic hydroxyl groups is 1. The van der Waals surface area contributed by atoms with Gasteiger partial charge in [-0.05, 0) is 19.1 Å². The van der Waals surface area contributed by atoms with E-state index in [0.717, 1.165) is 10.6 Å². The van der Waals surface area contributed by atoms with Crippen molar-refractivity contribution in [1.82, 2.24) is 10.3 Å². The van der Waals surface area contributed by atoms with Gasteiger partial charge < -0.3 is 10.4 Å². The lowest BCUT2D eigenvalue weighted by molar-refractivity contribution is 0.0950. The summed E-state index contributed by atoms with van der Waals surface area (Å²) in [7, 11) is 0. The van der Waals surface area contributed by atoms with Crippen LogP contribution < -0.4 is 5.32 Å². The van der Waals surface area contributed by atoms with Gasteiger partial charge in [-0.15, -0.1) is 11.3 Å². The minimum absolute atomic E-state index is 0.0183. The van der Waals surface area contributed by atoms with Gasteiger partial charge in [-0.1, -0.05) is 23.5 Å². The van der Waals surface area contributed by atoms with Crippen molar-refractivity contribution in [1.29, 1.82) is 0 Å². The molecule has 0 radical (unpaired) electrons. The van der Waals surface area contributed by atoms with Gasteiger partial charge in [-0.3, -0.25) is 4.79 Å². The zero-order chi connectivity index (χ0) is 15.1. The van der Waals surface area contributed by atoms with Crippen LogP contribution in [-0.4, -0.2) is 22.6 Å². The fraction of sp³-hybridized carbons (Fsp3) is 0.250. The molecule has 2 N–H and O–H groups in total. The molecule has 0 saturated carbocycles. The second-order valence-electron chi connectivity index (χ2n) is 4.43. The van der Waals surface area contributed by atoms with Crippen molar-refractivity contribution in [2.45, 2.75) is 19.9 Å². The molecule has 4 nitrogen and oxygen atoms in total. The number of nitrogens with zero attached hydrogens (tertiary/aromatic N) is 1. The molecule has 0 unspecified atom stereocenters. The van der Waals surface area contributed by atoms with E-state index in [4.69, 9.17) is 5.11 Å². The fourth-order valence-corrected chi connectivity index (χ4v) is 2.32. The maximum atomic E-state index is 12.3.